The average molecular weight is 427 g/mol. The van der Waals surface area contributed by atoms with Crippen LogP contribution in [0.25, 0.3) is 0 Å². The lowest BCUT2D eigenvalue weighted by Crippen LogP contribution is -3.28. The van der Waals surface area contributed by atoms with E-state index in [9.17, 15) is 9.59 Å². The number of carbonyl (C=O) groups excluding carboxylic acids is 2. The van der Waals surface area contributed by atoms with Gasteiger partial charge >= 0.3 is 0 Å². The lowest BCUT2D eigenvalue weighted by atomic mass is 10.1. The zero-order chi connectivity index (χ0) is 21.8. The van der Waals surface area contributed by atoms with Gasteiger partial charge in [-0.1, -0.05) is 0 Å². The van der Waals surface area contributed by atoms with Gasteiger partial charge in [0.15, 0.2) is 18.0 Å². The summed E-state index contributed by atoms with van der Waals surface area (Å²) in [6.07, 6.45) is 0. The number of benzene rings is 2. The number of quaternary nitrogens is 2. The Morgan fingerprint density at radius 1 is 0.935 bits per heavy atom. The van der Waals surface area contributed by atoms with E-state index in [1.807, 2.05) is 6.07 Å². The zero-order valence-corrected chi connectivity index (χ0v) is 18.1. The van der Waals surface area contributed by atoms with E-state index in [2.05, 4.69) is 17.4 Å². The lowest BCUT2D eigenvalue weighted by Gasteiger charge is -2.29. The Hall–Kier alpha value is -3.10. The van der Waals surface area contributed by atoms with Crippen LogP contribution in [0, 0.1) is 0 Å². The molecule has 8 nitrogen and oxygen atoms in total. The van der Waals surface area contributed by atoms with Gasteiger partial charge in [0, 0.05) is 30.9 Å². The Balaban J connectivity index is 1.21. The van der Waals surface area contributed by atoms with Crippen LogP contribution in [-0.4, -0.2) is 70.3 Å². The molecular weight excluding hydrogens is 396 g/mol. The number of ether oxygens (including phenoxy) is 2. The summed E-state index contributed by atoms with van der Waals surface area (Å²) in [7, 11) is 3.44. The van der Waals surface area contributed by atoms with Gasteiger partial charge in [-0.25, -0.2) is 0 Å². The zero-order valence-electron chi connectivity index (χ0n) is 18.1. The first-order valence-corrected chi connectivity index (χ1v) is 10.6. The highest BCUT2D eigenvalue weighted by Crippen LogP contribution is 2.32. The third-order valence-corrected chi connectivity index (χ3v) is 5.79. The number of carbonyl (C=O) groups is 2. The summed E-state index contributed by atoms with van der Waals surface area (Å²) in [6.45, 7) is 5.68. The number of piperazine rings is 1. The fourth-order valence-corrected chi connectivity index (χ4v) is 4.04. The predicted octanol–water partition coefficient (Wildman–Crippen LogP) is -0.961. The van der Waals surface area contributed by atoms with E-state index in [4.69, 9.17) is 9.47 Å². The van der Waals surface area contributed by atoms with Crippen LogP contribution >= 0.6 is 0 Å². The van der Waals surface area contributed by atoms with Crippen LogP contribution in [0.5, 0.6) is 11.5 Å². The quantitative estimate of drug-likeness (QED) is 0.556. The summed E-state index contributed by atoms with van der Waals surface area (Å²) in [5, 5.41) is 2.94. The summed E-state index contributed by atoms with van der Waals surface area (Å²) in [4.78, 5) is 28.8. The minimum atomic E-state index is -0.0524. The molecule has 2 amide bonds. The van der Waals surface area contributed by atoms with Crippen LogP contribution in [0.3, 0.4) is 0 Å². The molecule has 1 saturated heterocycles. The summed E-state index contributed by atoms with van der Waals surface area (Å²) in [6, 6.07) is 13.2. The monoisotopic (exact) mass is 426 g/mol. The highest BCUT2D eigenvalue weighted by Gasteiger charge is 2.25. The van der Waals surface area contributed by atoms with E-state index in [0.29, 0.717) is 24.6 Å². The molecule has 0 aliphatic carbocycles. The second-order valence-electron chi connectivity index (χ2n) is 8.37. The minimum Gasteiger partial charge on any atom is -0.454 e. The molecule has 164 valence electrons. The van der Waals surface area contributed by atoms with Crippen molar-refractivity contribution in [1.29, 1.82) is 0 Å². The van der Waals surface area contributed by atoms with E-state index in [-0.39, 0.29) is 11.8 Å². The molecule has 3 N–H and O–H groups in total. The molecule has 0 aromatic heterocycles. The van der Waals surface area contributed by atoms with Crippen molar-refractivity contribution in [3.8, 4) is 11.5 Å². The number of hydrogen-bond acceptors (Lipinski definition) is 4. The molecule has 2 aliphatic rings. The van der Waals surface area contributed by atoms with Crippen LogP contribution in [0.1, 0.15) is 15.9 Å². The van der Waals surface area contributed by atoms with Crippen LogP contribution < -0.4 is 24.6 Å². The molecule has 2 heterocycles. The molecule has 4 rings (SSSR count). The third kappa shape index (κ3) is 5.34. The SMILES string of the molecule is CN(C)C(=O)c1ccc(NC(=O)C[NH+]2CC[NH+](Cc3ccc4c(c3)OCO4)CC2)cc1. The minimum absolute atomic E-state index is 0.000840. The Kier molecular flexibility index (Phi) is 6.39. The number of rotatable bonds is 6. The van der Waals surface area contributed by atoms with E-state index >= 15 is 0 Å². The van der Waals surface area contributed by atoms with Gasteiger partial charge in [0.25, 0.3) is 11.8 Å². The third-order valence-electron chi connectivity index (χ3n) is 5.79. The molecule has 31 heavy (non-hydrogen) atoms. The number of anilines is 1. The molecular formula is C23H30N4O4+2. The van der Waals surface area contributed by atoms with Gasteiger partial charge in [-0.2, -0.15) is 0 Å². The van der Waals surface area contributed by atoms with Gasteiger partial charge in [-0.3, -0.25) is 9.59 Å². The largest absolute Gasteiger partial charge is 0.454 e. The molecule has 0 bridgehead atoms. The van der Waals surface area contributed by atoms with Crippen molar-refractivity contribution >= 4 is 17.5 Å². The first-order chi connectivity index (χ1) is 15.0. The molecule has 0 radical (unpaired) electrons. The van der Waals surface area contributed by atoms with E-state index in [1.165, 1.54) is 20.3 Å². The van der Waals surface area contributed by atoms with Crippen molar-refractivity contribution in [2.24, 2.45) is 0 Å². The van der Waals surface area contributed by atoms with Crippen LogP contribution in [0.2, 0.25) is 0 Å². The van der Waals surface area contributed by atoms with Gasteiger partial charge in [-0.15, -0.1) is 0 Å². The lowest BCUT2D eigenvalue weighted by molar-refractivity contribution is -1.02. The Morgan fingerprint density at radius 2 is 1.61 bits per heavy atom. The highest BCUT2D eigenvalue weighted by atomic mass is 16.7. The van der Waals surface area contributed by atoms with E-state index < -0.39 is 0 Å². The van der Waals surface area contributed by atoms with Gasteiger partial charge in [-0.05, 0) is 42.5 Å². The van der Waals surface area contributed by atoms with Crippen molar-refractivity contribution in [2.45, 2.75) is 6.54 Å². The van der Waals surface area contributed by atoms with Gasteiger partial charge in [0.05, 0.1) is 0 Å². The maximum absolute atomic E-state index is 12.4. The number of hydrogen-bond donors (Lipinski definition) is 3. The first kappa shape index (κ1) is 21.1. The Bertz CT molecular complexity index is 937. The Labute approximate surface area is 182 Å². The van der Waals surface area contributed by atoms with Gasteiger partial charge in [0.1, 0.15) is 32.7 Å². The molecule has 0 atom stereocenters. The van der Waals surface area contributed by atoms with Gasteiger partial charge in [0.2, 0.25) is 6.79 Å². The van der Waals surface area contributed by atoms with E-state index in [1.54, 1.807) is 38.4 Å². The summed E-state index contributed by atoms with van der Waals surface area (Å²) in [5.41, 5.74) is 2.57. The van der Waals surface area contributed by atoms with Crippen LogP contribution in [0.4, 0.5) is 5.69 Å². The second kappa shape index (κ2) is 9.36. The van der Waals surface area contributed by atoms with Crippen molar-refractivity contribution in [3.63, 3.8) is 0 Å². The second-order valence-corrected chi connectivity index (χ2v) is 8.37. The van der Waals surface area contributed by atoms with Crippen LogP contribution in [-0.2, 0) is 11.3 Å². The Morgan fingerprint density at radius 3 is 2.32 bits per heavy atom. The summed E-state index contributed by atoms with van der Waals surface area (Å²) in [5.74, 6) is 1.60. The molecule has 1 fully saturated rings. The van der Waals surface area contributed by atoms with Crippen molar-refractivity contribution in [2.75, 3.05) is 58.9 Å². The van der Waals surface area contributed by atoms with Gasteiger partial charge < -0.3 is 29.5 Å². The molecule has 2 aromatic carbocycles. The predicted molar refractivity (Wildman–Crippen MR) is 116 cm³/mol. The molecule has 0 unspecified atom stereocenters. The fraction of sp³-hybridized carbons (Fsp3) is 0.391. The molecule has 2 aromatic rings. The average Bonchev–Trinajstić information content (AvgIpc) is 3.23. The number of nitrogens with one attached hydrogen (secondary N) is 3. The van der Waals surface area contributed by atoms with Crippen molar-refractivity contribution in [1.82, 2.24) is 4.90 Å². The van der Waals surface area contributed by atoms with Crippen molar-refractivity contribution in [3.05, 3.63) is 53.6 Å². The standard InChI is InChI=1S/C23H28N4O4/c1-25(2)23(29)18-4-6-19(7-5-18)24-22(28)15-27-11-9-26(10-12-27)14-17-3-8-20-21(13-17)31-16-30-20/h3-8,13H,9-12,14-16H2,1-2H3,(H,24,28)/p+2. The maximum atomic E-state index is 12.4. The maximum Gasteiger partial charge on any atom is 0.279 e. The molecule has 0 spiro atoms. The van der Waals surface area contributed by atoms with Crippen LogP contribution in [0.15, 0.2) is 42.5 Å². The van der Waals surface area contributed by atoms with Crippen molar-refractivity contribution < 1.29 is 28.9 Å². The normalized spacial score (nSPS) is 19.7. The molecule has 0 saturated carbocycles. The number of nitrogens with zero attached hydrogens (tertiary/aromatic N) is 1. The molecule has 8 heteroatoms. The first-order valence-electron chi connectivity index (χ1n) is 10.6. The topological polar surface area (TPSA) is 76.8 Å². The summed E-state index contributed by atoms with van der Waals surface area (Å²) < 4.78 is 10.8. The number of amides is 2. The fourth-order valence-electron chi connectivity index (χ4n) is 4.04. The van der Waals surface area contributed by atoms with E-state index in [0.717, 1.165) is 44.2 Å². The smallest absolute Gasteiger partial charge is 0.279 e. The number of fused-ring (bicyclic) bond motifs is 1. The summed E-state index contributed by atoms with van der Waals surface area (Å²) >= 11 is 0. The highest BCUT2D eigenvalue weighted by molar-refractivity contribution is 5.95. The molecule has 2 aliphatic heterocycles.